The topological polar surface area (TPSA) is 63.4 Å². The van der Waals surface area contributed by atoms with E-state index in [4.69, 9.17) is 0 Å². The highest BCUT2D eigenvalue weighted by Gasteiger charge is 2.35. The van der Waals surface area contributed by atoms with Crippen LogP contribution in [0.15, 0.2) is 16.6 Å². The van der Waals surface area contributed by atoms with Gasteiger partial charge in [-0.2, -0.15) is 0 Å². The molecule has 1 heterocycles. The number of rotatable bonds is 3. The molecule has 112 valence electrons. The Bertz CT molecular complexity index is 597. The Balaban J connectivity index is 1.84. The third-order valence-electron chi connectivity index (χ3n) is 4.46. The first-order valence-corrected chi connectivity index (χ1v) is 8.11. The third kappa shape index (κ3) is 2.81. The summed E-state index contributed by atoms with van der Waals surface area (Å²) in [5.74, 6) is 0.472. The number of nitro groups is 1. The lowest BCUT2D eigenvalue weighted by Crippen LogP contribution is -2.30. The lowest BCUT2D eigenvalue weighted by atomic mass is 9.89. The summed E-state index contributed by atoms with van der Waals surface area (Å²) in [5.41, 5.74) is 1.08. The summed E-state index contributed by atoms with van der Waals surface area (Å²) in [5, 5.41) is 11.2. The van der Waals surface area contributed by atoms with Crippen LogP contribution in [0.2, 0.25) is 0 Å². The number of fused-ring (bicyclic) bond motifs is 1. The molecule has 0 aromatic heterocycles. The highest BCUT2D eigenvalue weighted by Crippen LogP contribution is 2.35. The Labute approximate surface area is 131 Å². The lowest BCUT2D eigenvalue weighted by molar-refractivity contribution is -0.385. The van der Waals surface area contributed by atoms with Crippen LogP contribution >= 0.6 is 15.9 Å². The van der Waals surface area contributed by atoms with Crippen LogP contribution in [-0.4, -0.2) is 22.3 Å². The molecule has 1 aromatic rings. The van der Waals surface area contributed by atoms with E-state index in [0.717, 1.165) is 19.4 Å². The van der Waals surface area contributed by atoms with Crippen LogP contribution in [0.5, 0.6) is 0 Å². The maximum absolute atomic E-state index is 12.5. The minimum atomic E-state index is -0.402. The van der Waals surface area contributed by atoms with Crippen molar-refractivity contribution < 1.29 is 9.72 Å². The van der Waals surface area contributed by atoms with E-state index in [1.54, 1.807) is 11.0 Å². The van der Waals surface area contributed by atoms with Crippen LogP contribution in [0.3, 0.4) is 0 Å². The van der Waals surface area contributed by atoms with Crippen molar-refractivity contribution in [3.05, 3.63) is 37.8 Å². The fourth-order valence-electron chi connectivity index (χ4n) is 3.40. The number of carbonyl (C=O) groups is 1. The second-order valence-corrected chi connectivity index (χ2v) is 6.81. The number of hydrogen-bond acceptors (Lipinski definition) is 3. The predicted molar refractivity (Wildman–Crippen MR) is 82.1 cm³/mol. The number of nitrogens with zero attached hydrogens (tertiary/aromatic N) is 2. The molecule has 1 aromatic carbocycles. The molecule has 3 rings (SSSR count). The lowest BCUT2D eigenvalue weighted by Gasteiger charge is -2.26. The van der Waals surface area contributed by atoms with E-state index >= 15 is 0 Å². The molecule has 1 saturated carbocycles. The van der Waals surface area contributed by atoms with Crippen molar-refractivity contribution in [2.45, 2.75) is 38.6 Å². The third-order valence-corrected chi connectivity index (χ3v) is 4.92. The zero-order valence-corrected chi connectivity index (χ0v) is 13.3. The SMILES string of the molecule is O=C1c2cc(Br)cc([N+](=O)[O-])c2CN1CC1CCCCC1. The van der Waals surface area contributed by atoms with E-state index in [9.17, 15) is 14.9 Å². The molecular weight excluding hydrogens is 336 g/mol. The van der Waals surface area contributed by atoms with E-state index < -0.39 is 4.92 Å². The Morgan fingerprint density at radius 2 is 2.00 bits per heavy atom. The number of halogens is 1. The molecule has 0 saturated heterocycles. The largest absolute Gasteiger partial charge is 0.334 e. The van der Waals surface area contributed by atoms with Crippen LogP contribution < -0.4 is 0 Å². The number of carbonyl (C=O) groups excluding carboxylic acids is 1. The first-order chi connectivity index (χ1) is 10.1. The van der Waals surface area contributed by atoms with Crippen molar-refractivity contribution in [2.24, 2.45) is 5.92 Å². The van der Waals surface area contributed by atoms with Crippen molar-refractivity contribution in [1.82, 2.24) is 4.90 Å². The highest BCUT2D eigenvalue weighted by molar-refractivity contribution is 9.10. The molecule has 1 fully saturated rings. The number of nitro benzene ring substituents is 1. The molecule has 1 amide bonds. The van der Waals surface area contributed by atoms with Crippen molar-refractivity contribution in [3.63, 3.8) is 0 Å². The van der Waals surface area contributed by atoms with Gasteiger partial charge in [-0.05, 0) is 24.8 Å². The molecule has 0 radical (unpaired) electrons. The molecule has 1 aliphatic heterocycles. The molecule has 6 heteroatoms. The molecule has 1 aliphatic carbocycles. The molecular formula is C15H17BrN2O3. The van der Waals surface area contributed by atoms with E-state index in [1.807, 2.05) is 0 Å². The number of hydrogen-bond donors (Lipinski definition) is 0. The number of amides is 1. The first-order valence-electron chi connectivity index (χ1n) is 7.32. The smallest absolute Gasteiger partial charge is 0.276 e. The Hall–Kier alpha value is -1.43. The Kier molecular flexibility index (Phi) is 3.97. The van der Waals surface area contributed by atoms with Gasteiger partial charge in [0.1, 0.15) is 0 Å². The summed E-state index contributed by atoms with van der Waals surface area (Å²) in [7, 11) is 0. The minimum absolute atomic E-state index is 0.0406. The zero-order valence-electron chi connectivity index (χ0n) is 11.7. The average Bonchev–Trinajstić information content (AvgIpc) is 2.76. The van der Waals surface area contributed by atoms with Crippen LogP contribution in [-0.2, 0) is 6.54 Å². The van der Waals surface area contributed by atoms with Crippen molar-refractivity contribution in [1.29, 1.82) is 0 Å². The highest BCUT2D eigenvalue weighted by atomic mass is 79.9. The van der Waals surface area contributed by atoms with Crippen LogP contribution in [0.4, 0.5) is 5.69 Å². The summed E-state index contributed by atoms with van der Waals surface area (Å²) < 4.78 is 0.584. The van der Waals surface area contributed by atoms with Crippen molar-refractivity contribution >= 4 is 27.5 Å². The van der Waals surface area contributed by atoms with Gasteiger partial charge in [0.05, 0.1) is 22.6 Å². The van der Waals surface area contributed by atoms with E-state index in [0.29, 0.717) is 28.1 Å². The summed E-state index contributed by atoms with van der Waals surface area (Å²) in [4.78, 5) is 25.0. The van der Waals surface area contributed by atoms with Gasteiger partial charge >= 0.3 is 0 Å². The Morgan fingerprint density at radius 3 is 2.67 bits per heavy atom. The van der Waals surface area contributed by atoms with Crippen LogP contribution in [0.1, 0.15) is 48.0 Å². The van der Waals surface area contributed by atoms with Gasteiger partial charge in [-0.25, -0.2) is 0 Å². The quantitative estimate of drug-likeness (QED) is 0.612. The molecule has 0 spiro atoms. The number of benzene rings is 1. The van der Waals surface area contributed by atoms with Crippen LogP contribution in [0.25, 0.3) is 0 Å². The minimum Gasteiger partial charge on any atom is -0.334 e. The second kappa shape index (κ2) is 5.75. The molecule has 21 heavy (non-hydrogen) atoms. The first kappa shape index (κ1) is 14.5. The maximum Gasteiger partial charge on any atom is 0.276 e. The molecule has 5 nitrogen and oxygen atoms in total. The van der Waals surface area contributed by atoms with Gasteiger partial charge in [0, 0.05) is 17.1 Å². The van der Waals surface area contributed by atoms with Gasteiger partial charge < -0.3 is 4.90 Å². The molecule has 0 N–H and O–H groups in total. The average molecular weight is 353 g/mol. The molecule has 2 aliphatic rings. The van der Waals surface area contributed by atoms with Crippen LogP contribution in [0, 0.1) is 16.0 Å². The van der Waals surface area contributed by atoms with Gasteiger partial charge in [0.15, 0.2) is 0 Å². The standard InChI is InChI=1S/C15H17BrN2O3/c16-11-6-12-13(14(7-11)18(20)21)9-17(15(12)19)8-10-4-2-1-3-5-10/h6-7,10H,1-5,8-9H2. The molecule has 0 atom stereocenters. The molecule has 0 bridgehead atoms. The fraction of sp³-hybridized carbons (Fsp3) is 0.533. The normalized spacial score (nSPS) is 18.9. The van der Waals surface area contributed by atoms with Gasteiger partial charge in [-0.15, -0.1) is 0 Å². The monoisotopic (exact) mass is 352 g/mol. The summed E-state index contributed by atoms with van der Waals surface area (Å²) in [6.45, 7) is 1.09. The second-order valence-electron chi connectivity index (χ2n) is 5.90. The van der Waals surface area contributed by atoms with Gasteiger partial charge in [0.2, 0.25) is 0 Å². The maximum atomic E-state index is 12.5. The summed E-state index contributed by atoms with van der Waals surface area (Å²) in [6, 6.07) is 3.18. The predicted octanol–water partition coefficient (Wildman–Crippen LogP) is 3.89. The van der Waals surface area contributed by atoms with E-state index in [1.165, 1.54) is 25.3 Å². The van der Waals surface area contributed by atoms with Gasteiger partial charge in [-0.3, -0.25) is 14.9 Å². The zero-order chi connectivity index (χ0) is 15.0. The summed E-state index contributed by atoms with van der Waals surface area (Å²) >= 11 is 3.25. The van der Waals surface area contributed by atoms with Crippen molar-refractivity contribution in [3.8, 4) is 0 Å². The van der Waals surface area contributed by atoms with Crippen molar-refractivity contribution in [2.75, 3.05) is 6.54 Å². The summed E-state index contributed by atoms with van der Waals surface area (Å²) in [6.07, 6.45) is 6.05. The van der Waals surface area contributed by atoms with Gasteiger partial charge in [-0.1, -0.05) is 35.2 Å². The Morgan fingerprint density at radius 1 is 1.29 bits per heavy atom. The fourth-order valence-corrected chi connectivity index (χ4v) is 3.85. The molecule has 0 unspecified atom stereocenters. The van der Waals surface area contributed by atoms with Gasteiger partial charge in [0.25, 0.3) is 11.6 Å². The van der Waals surface area contributed by atoms with E-state index in [2.05, 4.69) is 15.9 Å². The van der Waals surface area contributed by atoms with E-state index in [-0.39, 0.29) is 11.6 Å².